The first-order valence-corrected chi connectivity index (χ1v) is 15.0. The number of pyridine rings is 1. The second-order valence-corrected chi connectivity index (χ2v) is 12.7. The number of aryl methyl sites for hydroxylation is 2. The van der Waals surface area contributed by atoms with E-state index < -0.39 is 0 Å². The maximum Gasteiger partial charge on any atom is 0.280 e. The van der Waals surface area contributed by atoms with Crippen molar-refractivity contribution in [3.8, 4) is 17.1 Å². The summed E-state index contributed by atoms with van der Waals surface area (Å²) in [7, 11) is 6.07. The number of carbonyl (C=O) groups is 1. The average molecular weight is 571 g/mol. The quantitative estimate of drug-likeness (QED) is 0.434. The molecule has 1 amide bonds. The van der Waals surface area contributed by atoms with Crippen molar-refractivity contribution in [2.24, 2.45) is 23.9 Å². The Balaban J connectivity index is 1.37. The molecule has 2 aliphatic heterocycles. The van der Waals surface area contributed by atoms with Crippen LogP contribution in [-0.2, 0) is 7.05 Å². The fraction of sp³-hybridized carbons (Fsp3) is 0.500. The number of ether oxygens (including phenoxy) is 1. The van der Waals surface area contributed by atoms with E-state index in [2.05, 4.69) is 76.7 Å². The molecule has 2 aromatic heterocycles. The molecule has 2 N–H and O–H groups in total. The lowest BCUT2D eigenvalue weighted by molar-refractivity contribution is 0.100. The largest absolute Gasteiger partial charge is 0.477 e. The maximum atomic E-state index is 13.7. The first kappa shape index (κ1) is 28.2. The number of carbonyl (C=O) groups excluding carboxylic acids is 1. The molecule has 1 aromatic carbocycles. The average Bonchev–Trinajstić information content (AvgIpc) is 3.65. The van der Waals surface area contributed by atoms with Gasteiger partial charge in [0.15, 0.2) is 0 Å². The number of guanidine groups is 1. The first-order valence-electron chi connectivity index (χ1n) is 15.0. The van der Waals surface area contributed by atoms with Crippen LogP contribution in [0.4, 0.5) is 17.1 Å². The fourth-order valence-electron chi connectivity index (χ4n) is 5.68. The van der Waals surface area contributed by atoms with Gasteiger partial charge in [-0.2, -0.15) is 10.1 Å². The SMILES string of the molecule is Cc1cc2cc(n1)-c1cnn(C)c1OCCC[C@@H](C1CC1)CN1/C(=N/C2=O)Nc2ccc(NCC(C)(C)N(C)C)cc21. The Labute approximate surface area is 248 Å². The van der Waals surface area contributed by atoms with Gasteiger partial charge in [0.05, 0.1) is 35.4 Å². The van der Waals surface area contributed by atoms with Crippen LogP contribution in [0.5, 0.6) is 5.88 Å². The number of benzene rings is 1. The molecule has 1 fully saturated rings. The van der Waals surface area contributed by atoms with Crippen LogP contribution in [0.25, 0.3) is 11.3 Å². The highest BCUT2D eigenvalue weighted by atomic mass is 16.5. The lowest BCUT2D eigenvalue weighted by atomic mass is 9.97. The third-order valence-corrected chi connectivity index (χ3v) is 8.96. The number of aliphatic imine (C=N–C) groups is 1. The molecule has 42 heavy (non-hydrogen) atoms. The summed E-state index contributed by atoms with van der Waals surface area (Å²) in [4.78, 5) is 27.5. The standard InChI is InChI=1S/C32H42N8O2/c1-20-14-23-15-27(35-20)25-17-34-39(6)30(25)42-13-7-8-22(21-9-10-21)18-40-28-16-24(33-19-32(2,3)38(4)5)11-12-26(28)36-31(40)37-29(23)41/h11-12,14-17,21-22,33H,7-10,13,18-19H2,1-6H3,(H,36,37,41)/t22-/m1/s1. The third-order valence-electron chi connectivity index (χ3n) is 8.96. The van der Waals surface area contributed by atoms with Gasteiger partial charge in [0.1, 0.15) is 0 Å². The normalized spacial score (nSPS) is 20.4. The van der Waals surface area contributed by atoms with Gasteiger partial charge < -0.3 is 25.2 Å². The number of likely N-dealkylation sites (N-methyl/N-ethyl adjacent to an activating group) is 1. The zero-order valence-corrected chi connectivity index (χ0v) is 25.6. The molecule has 1 atom stereocenters. The zero-order valence-electron chi connectivity index (χ0n) is 25.6. The van der Waals surface area contributed by atoms with Crippen LogP contribution in [0, 0.1) is 18.8 Å². The first-order chi connectivity index (χ1) is 20.1. The molecule has 3 aromatic rings. The summed E-state index contributed by atoms with van der Waals surface area (Å²) >= 11 is 0. The van der Waals surface area contributed by atoms with Gasteiger partial charge in [-0.25, -0.2) is 4.68 Å². The number of amides is 1. The second-order valence-electron chi connectivity index (χ2n) is 12.7. The van der Waals surface area contributed by atoms with Gasteiger partial charge in [-0.1, -0.05) is 0 Å². The fourth-order valence-corrected chi connectivity index (χ4v) is 5.68. The van der Waals surface area contributed by atoms with Crippen LogP contribution >= 0.6 is 0 Å². The summed E-state index contributed by atoms with van der Waals surface area (Å²) in [6.07, 6.45) is 6.21. The van der Waals surface area contributed by atoms with Crippen molar-refractivity contribution < 1.29 is 9.53 Å². The molecule has 0 radical (unpaired) electrons. The van der Waals surface area contributed by atoms with Gasteiger partial charge in [-0.3, -0.25) is 9.78 Å². The van der Waals surface area contributed by atoms with Gasteiger partial charge in [0.25, 0.3) is 5.91 Å². The summed E-state index contributed by atoms with van der Waals surface area (Å²) in [6, 6.07) is 9.93. The zero-order chi connectivity index (χ0) is 29.6. The highest BCUT2D eigenvalue weighted by molar-refractivity contribution is 6.19. The lowest BCUT2D eigenvalue weighted by Gasteiger charge is -2.33. The number of aromatic nitrogens is 3. The molecule has 0 spiro atoms. The van der Waals surface area contributed by atoms with Crippen LogP contribution in [-0.4, -0.2) is 70.9 Å². The number of nitrogens with zero attached hydrogens (tertiary/aromatic N) is 6. The molecule has 10 heteroatoms. The van der Waals surface area contributed by atoms with Crippen LogP contribution in [0.1, 0.15) is 55.6 Å². The Bertz CT molecular complexity index is 1520. The van der Waals surface area contributed by atoms with Crippen molar-refractivity contribution in [2.45, 2.75) is 52.0 Å². The maximum absolute atomic E-state index is 13.7. The van der Waals surface area contributed by atoms with Crippen molar-refractivity contribution in [3.05, 3.63) is 47.8 Å². The van der Waals surface area contributed by atoms with Crippen molar-refractivity contribution in [1.82, 2.24) is 19.7 Å². The molecular weight excluding hydrogens is 528 g/mol. The Morgan fingerprint density at radius 3 is 2.71 bits per heavy atom. The van der Waals surface area contributed by atoms with E-state index in [-0.39, 0.29) is 11.4 Å². The number of fused-ring (bicyclic) bond motifs is 7. The molecule has 0 unspecified atom stereocenters. The summed E-state index contributed by atoms with van der Waals surface area (Å²) in [5.74, 6) is 2.09. The van der Waals surface area contributed by atoms with Crippen molar-refractivity contribution in [3.63, 3.8) is 0 Å². The van der Waals surface area contributed by atoms with Crippen LogP contribution in [0.3, 0.4) is 0 Å². The number of hydrogen-bond acceptors (Lipinski definition) is 8. The Morgan fingerprint density at radius 2 is 1.95 bits per heavy atom. The molecule has 4 heterocycles. The molecule has 6 rings (SSSR count). The summed E-state index contributed by atoms with van der Waals surface area (Å²) < 4.78 is 8.02. The summed E-state index contributed by atoms with van der Waals surface area (Å²) in [6.45, 7) is 8.53. The van der Waals surface area contributed by atoms with Gasteiger partial charge in [0.2, 0.25) is 11.8 Å². The van der Waals surface area contributed by atoms with E-state index in [4.69, 9.17) is 9.72 Å². The molecular formula is C32H42N8O2. The number of hydrogen-bond donors (Lipinski definition) is 2. The molecule has 1 saturated carbocycles. The van der Waals surface area contributed by atoms with E-state index in [1.54, 1.807) is 23.0 Å². The minimum Gasteiger partial charge on any atom is -0.477 e. The summed E-state index contributed by atoms with van der Waals surface area (Å²) in [5.41, 5.74) is 5.71. The Kier molecular flexibility index (Phi) is 7.43. The van der Waals surface area contributed by atoms with Gasteiger partial charge in [0, 0.05) is 42.6 Å². The molecule has 1 aliphatic carbocycles. The van der Waals surface area contributed by atoms with Crippen molar-refractivity contribution >= 4 is 28.9 Å². The molecule has 2 bridgehead atoms. The predicted molar refractivity (Wildman–Crippen MR) is 168 cm³/mol. The van der Waals surface area contributed by atoms with E-state index >= 15 is 0 Å². The molecule has 0 saturated heterocycles. The van der Waals surface area contributed by atoms with E-state index in [0.29, 0.717) is 41.5 Å². The lowest BCUT2D eigenvalue weighted by Crippen LogP contribution is -2.44. The van der Waals surface area contributed by atoms with Gasteiger partial charge >= 0.3 is 0 Å². The van der Waals surface area contributed by atoms with Gasteiger partial charge in [-0.05, 0) is 103 Å². The highest BCUT2D eigenvalue weighted by Gasteiger charge is 2.36. The molecule has 222 valence electrons. The van der Waals surface area contributed by atoms with Crippen LogP contribution < -0.4 is 20.3 Å². The number of anilines is 3. The molecule has 10 nitrogen and oxygen atoms in total. The topological polar surface area (TPSA) is 99.9 Å². The minimum absolute atomic E-state index is 0.00389. The molecule has 3 aliphatic rings. The van der Waals surface area contributed by atoms with Crippen molar-refractivity contribution in [1.29, 1.82) is 0 Å². The van der Waals surface area contributed by atoms with E-state index in [9.17, 15) is 4.79 Å². The van der Waals surface area contributed by atoms with E-state index in [1.165, 1.54) is 12.8 Å². The van der Waals surface area contributed by atoms with E-state index in [1.807, 2.05) is 14.0 Å². The van der Waals surface area contributed by atoms with Crippen molar-refractivity contribution in [2.75, 3.05) is 49.3 Å². The smallest absolute Gasteiger partial charge is 0.280 e. The third kappa shape index (κ3) is 5.72. The van der Waals surface area contributed by atoms with E-state index in [0.717, 1.165) is 54.3 Å². The summed E-state index contributed by atoms with van der Waals surface area (Å²) in [5, 5.41) is 11.5. The Morgan fingerprint density at radius 1 is 1.14 bits per heavy atom. The van der Waals surface area contributed by atoms with Gasteiger partial charge in [-0.15, -0.1) is 0 Å². The highest BCUT2D eigenvalue weighted by Crippen LogP contribution is 2.43. The Hall–Kier alpha value is -3.92. The minimum atomic E-state index is -0.308. The monoisotopic (exact) mass is 570 g/mol. The number of nitrogens with one attached hydrogen (secondary N) is 2. The second kappa shape index (κ2) is 11.1. The van der Waals surface area contributed by atoms with Crippen LogP contribution in [0.15, 0.2) is 41.5 Å². The van der Waals surface area contributed by atoms with Crippen LogP contribution in [0.2, 0.25) is 0 Å². The predicted octanol–water partition coefficient (Wildman–Crippen LogP) is 5.17. The number of rotatable bonds is 5.